The highest BCUT2D eigenvalue weighted by Crippen LogP contribution is 2.26. The maximum atomic E-state index is 12.7. The number of hydrogen-bond donors (Lipinski definition) is 1. The second-order valence-corrected chi connectivity index (χ2v) is 9.42. The number of aryl methyl sites for hydroxylation is 3. The zero-order valence-electron chi connectivity index (χ0n) is 18.4. The van der Waals surface area contributed by atoms with E-state index in [0.29, 0.717) is 12.3 Å². The predicted molar refractivity (Wildman–Crippen MR) is 122 cm³/mol. The molecule has 0 radical (unpaired) electrons. The van der Waals surface area contributed by atoms with Crippen LogP contribution in [-0.4, -0.2) is 39.8 Å². The van der Waals surface area contributed by atoms with Gasteiger partial charge in [0.05, 0.1) is 18.5 Å². The largest absolute Gasteiger partial charge is 0.492 e. The van der Waals surface area contributed by atoms with Crippen LogP contribution in [0.4, 0.5) is 5.69 Å². The van der Waals surface area contributed by atoms with E-state index in [1.165, 1.54) is 9.87 Å². The summed E-state index contributed by atoms with van der Waals surface area (Å²) in [5.74, 6) is 0.369. The molecule has 0 aromatic heterocycles. The number of rotatable bonds is 10. The number of carbonyl (C=O) groups excluding carboxylic acids is 1. The van der Waals surface area contributed by atoms with Gasteiger partial charge in [0.2, 0.25) is 15.9 Å². The van der Waals surface area contributed by atoms with E-state index in [9.17, 15) is 13.2 Å². The first kappa shape index (κ1) is 23.7. The van der Waals surface area contributed by atoms with Crippen LogP contribution >= 0.6 is 0 Å². The monoisotopic (exact) mass is 432 g/mol. The summed E-state index contributed by atoms with van der Waals surface area (Å²) in [5, 5.41) is 2.77. The molecule has 0 saturated carbocycles. The first-order chi connectivity index (χ1) is 14.1. The van der Waals surface area contributed by atoms with Gasteiger partial charge in [-0.25, -0.2) is 8.42 Å². The van der Waals surface area contributed by atoms with Crippen molar-refractivity contribution in [3.05, 3.63) is 59.2 Å². The summed E-state index contributed by atoms with van der Waals surface area (Å²) in [6.45, 7) is 8.03. The molecule has 1 N–H and O–H groups in total. The summed E-state index contributed by atoms with van der Waals surface area (Å²) in [6.07, 6.45) is 3.24. The molecule has 7 heteroatoms. The van der Waals surface area contributed by atoms with Gasteiger partial charge >= 0.3 is 0 Å². The maximum Gasteiger partial charge on any atom is 0.243 e. The summed E-state index contributed by atoms with van der Waals surface area (Å²) in [7, 11) is -3.64. The molecular formula is C23H32N2O4S. The van der Waals surface area contributed by atoms with E-state index in [0.717, 1.165) is 36.0 Å². The number of ether oxygens (including phenoxy) is 1. The number of nitrogens with zero attached hydrogens (tertiary/aromatic N) is 1. The number of amides is 1. The minimum atomic E-state index is -3.64. The topological polar surface area (TPSA) is 75.7 Å². The molecule has 1 atom stereocenters. The van der Waals surface area contributed by atoms with Gasteiger partial charge < -0.3 is 10.1 Å². The van der Waals surface area contributed by atoms with Crippen molar-refractivity contribution in [2.24, 2.45) is 0 Å². The standard InChI is InChI=1S/C23H32N2O4S/c1-6-7-20-10-12-21(13-11-20)29-15-14-24-23(26)19(4)25(30(5,27)28)22-16-17(2)8-9-18(22)3/h8-13,16,19H,6-7,14-15H2,1-5H3,(H,24,26)/t19-/m1/s1. The Labute approximate surface area is 180 Å². The van der Waals surface area contributed by atoms with Gasteiger partial charge in [0.25, 0.3) is 0 Å². The Kier molecular flexibility index (Phi) is 8.29. The Morgan fingerprint density at radius 2 is 1.80 bits per heavy atom. The lowest BCUT2D eigenvalue weighted by atomic mass is 10.1. The summed E-state index contributed by atoms with van der Waals surface area (Å²) >= 11 is 0. The Morgan fingerprint density at radius 3 is 2.40 bits per heavy atom. The minimum absolute atomic E-state index is 0.282. The molecule has 0 heterocycles. The highest BCUT2D eigenvalue weighted by molar-refractivity contribution is 7.92. The Hall–Kier alpha value is -2.54. The van der Waals surface area contributed by atoms with Gasteiger partial charge in [0, 0.05) is 0 Å². The van der Waals surface area contributed by atoms with Gasteiger partial charge in [0.1, 0.15) is 18.4 Å². The molecule has 2 aromatic rings. The number of benzene rings is 2. The molecule has 2 rings (SSSR count). The molecule has 30 heavy (non-hydrogen) atoms. The van der Waals surface area contributed by atoms with Gasteiger partial charge in [-0.05, 0) is 62.1 Å². The molecule has 164 valence electrons. The fourth-order valence-electron chi connectivity index (χ4n) is 3.27. The zero-order chi connectivity index (χ0) is 22.3. The predicted octanol–water partition coefficient (Wildman–Crippen LogP) is 3.61. The maximum absolute atomic E-state index is 12.7. The summed E-state index contributed by atoms with van der Waals surface area (Å²) in [5.41, 5.74) is 3.50. The molecule has 0 saturated heterocycles. The normalized spacial score (nSPS) is 12.3. The Morgan fingerprint density at radius 1 is 1.13 bits per heavy atom. The van der Waals surface area contributed by atoms with E-state index in [1.807, 2.05) is 50.2 Å². The third-order valence-electron chi connectivity index (χ3n) is 4.82. The molecule has 0 aliphatic carbocycles. The van der Waals surface area contributed by atoms with Gasteiger partial charge in [-0.1, -0.05) is 37.6 Å². The minimum Gasteiger partial charge on any atom is -0.492 e. The number of nitrogens with one attached hydrogen (secondary N) is 1. The van der Waals surface area contributed by atoms with Crippen molar-refractivity contribution in [1.82, 2.24) is 5.32 Å². The fraction of sp³-hybridized carbons (Fsp3) is 0.435. The van der Waals surface area contributed by atoms with Crippen LogP contribution in [0.1, 0.15) is 37.0 Å². The van der Waals surface area contributed by atoms with Crippen molar-refractivity contribution in [2.75, 3.05) is 23.7 Å². The van der Waals surface area contributed by atoms with Gasteiger partial charge in [-0.2, -0.15) is 0 Å². The summed E-state index contributed by atoms with van der Waals surface area (Å²) in [6, 6.07) is 12.6. The van der Waals surface area contributed by atoms with E-state index in [-0.39, 0.29) is 12.5 Å². The van der Waals surface area contributed by atoms with E-state index >= 15 is 0 Å². The third kappa shape index (κ3) is 6.49. The highest BCUT2D eigenvalue weighted by atomic mass is 32.2. The second kappa shape index (κ2) is 10.5. The van der Waals surface area contributed by atoms with E-state index < -0.39 is 16.1 Å². The van der Waals surface area contributed by atoms with Crippen LogP contribution < -0.4 is 14.4 Å². The molecule has 2 aromatic carbocycles. The van der Waals surface area contributed by atoms with Crippen LogP contribution in [0.3, 0.4) is 0 Å². The molecule has 0 unspecified atom stereocenters. The molecule has 6 nitrogen and oxygen atoms in total. The van der Waals surface area contributed by atoms with Crippen molar-refractivity contribution in [2.45, 2.75) is 46.6 Å². The van der Waals surface area contributed by atoms with Crippen molar-refractivity contribution in [3.8, 4) is 5.75 Å². The van der Waals surface area contributed by atoms with Crippen LogP contribution in [0.5, 0.6) is 5.75 Å². The van der Waals surface area contributed by atoms with E-state index in [4.69, 9.17) is 4.74 Å². The average molecular weight is 433 g/mol. The molecule has 0 bridgehead atoms. The third-order valence-corrected chi connectivity index (χ3v) is 6.05. The number of anilines is 1. The lowest BCUT2D eigenvalue weighted by Crippen LogP contribution is -2.48. The first-order valence-electron chi connectivity index (χ1n) is 10.2. The van der Waals surface area contributed by atoms with Crippen molar-refractivity contribution >= 4 is 21.6 Å². The van der Waals surface area contributed by atoms with Crippen LogP contribution in [0.25, 0.3) is 0 Å². The summed E-state index contributed by atoms with van der Waals surface area (Å²) < 4.78 is 31.8. The van der Waals surface area contributed by atoms with E-state index in [2.05, 4.69) is 12.2 Å². The molecule has 0 aliphatic heterocycles. The van der Waals surface area contributed by atoms with E-state index in [1.54, 1.807) is 13.0 Å². The Balaban J connectivity index is 1.98. The molecule has 0 aliphatic rings. The van der Waals surface area contributed by atoms with Gasteiger partial charge in [0.15, 0.2) is 0 Å². The first-order valence-corrected chi connectivity index (χ1v) is 12.0. The Bertz CT molecular complexity index is 956. The lowest BCUT2D eigenvalue weighted by molar-refractivity contribution is -0.121. The van der Waals surface area contributed by atoms with Crippen molar-refractivity contribution in [1.29, 1.82) is 0 Å². The smallest absolute Gasteiger partial charge is 0.243 e. The quantitative estimate of drug-likeness (QED) is 0.582. The molecule has 1 amide bonds. The number of hydrogen-bond acceptors (Lipinski definition) is 4. The van der Waals surface area contributed by atoms with Crippen molar-refractivity contribution in [3.63, 3.8) is 0 Å². The SMILES string of the molecule is CCCc1ccc(OCCNC(=O)[C@@H](C)N(c2cc(C)ccc2C)S(C)(=O)=O)cc1. The van der Waals surface area contributed by atoms with Crippen LogP contribution in [-0.2, 0) is 21.2 Å². The van der Waals surface area contributed by atoms with Crippen LogP contribution in [0.15, 0.2) is 42.5 Å². The van der Waals surface area contributed by atoms with Crippen molar-refractivity contribution < 1.29 is 17.9 Å². The summed E-state index contributed by atoms with van der Waals surface area (Å²) in [4.78, 5) is 12.7. The zero-order valence-corrected chi connectivity index (χ0v) is 19.3. The van der Waals surface area contributed by atoms with Crippen LogP contribution in [0.2, 0.25) is 0 Å². The number of carbonyl (C=O) groups is 1. The van der Waals surface area contributed by atoms with Crippen LogP contribution in [0, 0.1) is 13.8 Å². The highest BCUT2D eigenvalue weighted by Gasteiger charge is 2.30. The fourth-order valence-corrected chi connectivity index (χ4v) is 4.49. The number of sulfonamides is 1. The average Bonchev–Trinajstić information content (AvgIpc) is 2.68. The molecular weight excluding hydrogens is 400 g/mol. The molecule has 0 spiro atoms. The van der Waals surface area contributed by atoms with Gasteiger partial charge in [-0.3, -0.25) is 9.10 Å². The van der Waals surface area contributed by atoms with Gasteiger partial charge in [-0.15, -0.1) is 0 Å². The lowest BCUT2D eigenvalue weighted by Gasteiger charge is -2.29. The second-order valence-electron chi connectivity index (χ2n) is 7.56. The molecule has 0 fully saturated rings.